The quantitative estimate of drug-likeness (QED) is 0.373. The van der Waals surface area contributed by atoms with E-state index in [0.717, 1.165) is 20.7 Å². The van der Waals surface area contributed by atoms with Crippen LogP contribution in [0.2, 0.25) is 0 Å². The number of nitrogens with zero attached hydrogens (tertiary/aromatic N) is 3. The number of pyridine rings is 1. The number of allylic oxidation sites excluding steroid dienone is 2. The predicted molar refractivity (Wildman–Crippen MR) is 105 cm³/mol. The lowest BCUT2D eigenvalue weighted by molar-refractivity contribution is -0.118. The smallest absolute Gasteiger partial charge is 0.161 e. The second-order valence-corrected chi connectivity index (χ2v) is 8.11. The number of carbonyl (C=O) groups is 1. The van der Waals surface area contributed by atoms with Crippen molar-refractivity contribution >= 4 is 39.5 Å². The van der Waals surface area contributed by atoms with Crippen LogP contribution in [0.15, 0.2) is 24.3 Å². The summed E-state index contributed by atoms with van der Waals surface area (Å²) >= 11 is 2.25. The van der Waals surface area contributed by atoms with Gasteiger partial charge in [-0.05, 0) is 66.0 Å². The van der Waals surface area contributed by atoms with Gasteiger partial charge < -0.3 is 4.57 Å². The molecule has 128 valence electrons. The minimum atomic E-state index is 0.0648. The molecule has 0 unspecified atom stereocenters. The third kappa shape index (κ3) is 3.55. The van der Waals surface area contributed by atoms with E-state index in [2.05, 4.69) is 46.0 Å². The van der Waals surface area contributed by atoms with Crippen LogP contribution in [0.5, 0.6) is 0 Å². The number of hydrogen-bond donors (Lipinski definition) is 0. The van der Waals surface area contributed by atoms with Gasteiger partial charge in [-0.15, -0.1) is 0 Å². The van der Waals surface area contributed by atoms with E-state index in [1.165, 1.54) is 19.3 Å². The standard InChI is InChI=1S/C19H24IN3O/c1-12(2)13(3)16(24)8-5-9-18-21-15-10-11-17(20)22-19(15)23(18)14-6-4-7-14/h5,8,10-14H,4,6-7,9H2,1-3H3/b8-5+/t13-/m0/s1. The predicted octanol–water partition coefficient (Wildman–Crippen LogP) is 4.72. The summed E-state index contributed by atoms with van der Waals surface area (Å²) in [5.41, 5.74) is 1.93. The summed E-state index contributed by atoms with van der Waals surface area (Å²) in [7, 11) is 0. The minimum absolute atomic E-state index is 0.0648. The van der Waals surface area contributed by atoms with Crippen LogP contribution in [0.25, 0.3) is 11.2 Å². The van der Waals surface area contributed by atoms with E-state index in [1.54, 1.807) is 6.08 Å². The molecule has 0 amide bonds. The molecule has 0 aromatic carbocycles. The molecule has 0 N–H and O–H groups in total. The third-order valence-corrected chi connectivity index (χ3v) is 5.65. The summed E-state index contributed by atoms with van der Waals surface area (Å²) in [5, 5.41) is 0. The van der Waals surface area contributed by atoms with E-state index in [9.17, 15) is 4.79 Å². The Labute approximate surface area is 156 Å². The van der Waals surface area contributed by atoms with Crippen molar-refractivity contribution in [1.29, 1.82) is 0 Å². The van der Waals surface area contributed by atoms with Gasteiger partial charge in [-0.2, -0.15) is 0 Å². The molecule has 2 heterocycles. The first-order chi connectivity index (χ1) is 11.5. The number of imidazole rings is 1. The normalized spacial score (nSPS) is 16.9. The number of hydrogen-bond acceptors (Lipinski definition) is 3. The Balaban J connectivity index is 1.85. The van der Waals surface area contributed by atoms with E-state index in [-0.39, 0.29) is 11.7 Å². The van der Waals surface area contributed by atoms with Gasteiger partial charge in [0.05, 0.1) is 0 Å². The molecule has 0 bridgehead atoms. The maximum Gasteiger partial charge on any atom is 0.161 e. The number of halogens is 1. The fourth-order valence-electron chi connectivity index (χ4n) is 2.93. The second-order valence-electron chi connectivity index (χ2n) is 7.00. The molecule has 1 saturated carbocycles. The summed E-state index contributed by atoms with van der Waals surface area (Å²) in [5.74, 6) is 1.65. The van der Waals surface area contributed by atoms with Gasteiger partial charge in [0.15, 0.2) is 11.4 Å². The lowest BCUT2D eigenvalue weighted by atomic mass is 9.92. The molecule has 2 aromatic rings. The van der Waals surface area contributed by atoms with Gasteiger partial charge in [-0.25, -0.2) is 9.97 Å². The Bertz CT molecular complexity index is 774. The highest BCUT2D eigenvalue weighted by Gasteiger charge is 2.25. The molecule has 3 rings (SSSR count). The maximum absolute atomic E-state index is 12.2. The average molecular weight is 437 g/mol. The summed E-state index contributed by atoms with van der Waals surface area (Å²) < 4.78 is 3.28. The zero-order valence-corrected chi connectivity index (χ0v) is 16.7. The fourth-order valence-corrected chi connectivity index (χ4v) is 3.34. The van der Waals surface area contributed by atoms with Gasteiger partial charge in [0.2, 0.25) is 0 Å². The van der Waals surface area contributed by atoms with Crippen LogP contribution in [0.4, 0.5) is 0 Å². The lowest BCUT2D eigenvalue weighted by Crippen LogP contribution is -2.19. The molecule has 0 aliphatic heterocycles. The second kappa shape index (κ2) is 7.33. The molecule has 0 spiro atoms. The maximum atomic E-state index is 12.2. The first kappa shape index (κ1) is 17.6. The van der Waals surface area contributed by atoms with Gasteiger partial charge in [0.25, 0.3) is 0 Å². The molecule has 0 radical (unpaired) electrons. The van der Waals surface area contributed by atoms with E-state index in [0.29, 0.717) is 18.4 Å². The molecule has 1 atom stereocenters. The number of ketones is 1. The van der Waals surface area contributed by atoms with Crippen LogP contribution >= 0.6 is 22.6 Å². The van der Waals surface area contributed by atoms with Crippen molar-refractivity contribution in [2.45, 2.75) is 52.5 Å². The Morgan fingerprint density at radius 2 is 2.08 bits per heavy atom. The van der Waals surface area contributed by atoms with Crippen LogP contribution < -0.4 is 0 Å². The van der Waals surface area contributed by atoms with Gasteiger partial charge in [-0.1, -0.05) is 26.8 Å². The van der Waals surface area contributed by atoms with Gasteiger partial charge in [-0.3, -0.25) is 4.79 Å². The number of fused-ring (bicyclic) bond motifs is 1. The minimum Gasteiger partial charge on any atom is -0.309 e. The van der Waals surface area contributed by atoms with Gasteiger partial charge in [0, 0.05) is 18.4 Å². The molecule has 5 heteroatoms. The lowest BCUT2D eigenvalue weighted by Gasteiger charge is -2.28. The molecule has 1 aliphatic rings. The highest BCUT2D eigenvalue weighted by molar-refractivity contribution is 14.1. The molecule has 2 aromatic heterocycles. The van der Waals surface area contributed by atoms with Crippen molar-refractivity contribution in [3.8, 4) is 0 Å². The van der Waals surface area contributed by atoms with Gasteiger partial charge >= 0.3 is 0 Å². The highest BCUT2D eigenvalue weighted by atomic mass is 127. The largest absolute Gasteiger partial charge is 0.309 e. The molecule has 1 fully saturated rings. The van der Waals surface area contributed by atoms with Crippen LogP contribution in [0.3, 0.4) is 0 Å². The zero-order valence-electron chi connectivity index (χ0n) is 14.5. The molecular formula is C19H24IN3O. The van der Waals surface area contributed by atoms with Crippen molar-refractivity contribution < 1.29 is 4.79 Å². The first-order valence-electron chi connectivity index (χ1n) is 8.71. The van der Waals surface area contributed by atoms with Crippen LogP contribution in [-0.4, -0.2) is 20.3 Å². The topological polar surface area (TPSA) is 47.8 Å². The number of aromatic nitrogens is 3. The SMILES string of the molecule is CC(C)[C@H](C)C(=O)/C=C/Cc1nc2ccc(I)nc2n1C1CCC1. The molecule has 0 saturated heterocycles. The third-order valence-electron chi connectivity index (χ3n) is 5.05. The van der Waals surface area contributed by atoms with Crippen molar-refractivity contribution in [1.82, 2.24) is 14.5 Å². The Hall–Kier alpha value is -1.24. The number of rotatable bonds is 6. The fraction of sp³-hybridized carbons (Fsp3) is 0.526. The molecule has 4 nitrogen and oxygen atoms in total. The summed E-state index contributed by atoms with van der Waals surface area (Å²) in [6.07, 6.45) is 8.03. The average Bonchev–Trinajstić information content (AvgIpc) is 2.82. The van der Waals surface area contributed by atoms with Crippen molar-refractivity contribution in [2.75, 3.05) is 0 Å². The Morgan fingerprint density at radius 1 is 1.33 bits per heavy atom. The summed E-state index contributed by atoms with van der Waals surface area (Å²) in [4.78, 5) is 21.6. The van der Waals surface area contributed by atoms with E-state index in [4.69, 9.17) is 4.98 Å². The molecule has 1 aliphatic carbocycles. The summed E-state index contributed by atoms with van der Waals surface area (Å²) in [6, 6.07) is 4.54. The zero-order chi connectivity index (χ0) is 17.3. The summed E-state index contributed by atoms with van der Waals surface area (Å²) in [6.45, 7) is 6.16. The van der Waals surface area contributed by atoms with Crippen LogP contribution in [0.1, 0.15) is 51.9 Å². The van der Waals surface area contributed by atoms with Crippen molar-refractivity contribution in [3.05, 3.63) is 33.8 Å². The molecular weight excluding hydrogens is 413 g/mol. The Kier molecular flexibility index (Phi) is 5.37. The van der Waals surface area contributed by atoms with Crippen molar-refractivity contribution in [3.63, 3.8) is 0 Å². The highest BCUT2D eigenvalue weighted by Crippen LogP contribution is 2.35. The van der Waals surface area contributed by atoms with E-state index < -0.39 is 0 Å². The van der Waals surface area contributed by atoms with E-state index >= 15 is 0 Å². The van der Waals surface area contributed by atoms with Crippen LogP contribution in [-0.2, 0) is 11.2 Å². The Morgan fingerprint density at radius 3 is 2.71 bits per heavy atom. The first-order valence-corrected chi connectivity index (χ1v) is 9.79. The van der Waals surface area contributed by atoms with E-state index in [1.807, 2.05) is 25.1 Å². The monoisotopic (exact) mass is 437 g/mol. The van der Waals surface area contributed by atoms with Crippen molar-refractivity contribution in [2.24, 2.45) is 11.8 Å². The van der Waals surface area contributed by atoms with Gasteiger partial charge in [0.1, 0.15) is 15.0 Å². The van der Waals surface area contributed by atoms with Crippen LogP contribution in [0, 0.1) is 15.5 Å². The number of carbonyl (C=O) groups excluding carboxylic acids is 1. The molecule has 24 heavy (non-hydrogen) atoms.